The first-order valence-corrected chi connectivity index (χ1v) is 4.95. The van der Waals surface area contributed by atoms with E-state index in [0.29, 0.717) is 6.07 Å². The number of pyridine rings is 1. The summed E-state index contributed by atoms with van der Waals surface area (Å²) in [6, 6.07) is 0.560. The number of hydrogen-bond donors (Lipinski definition) is 0. The predicted molar refractivity (Wildman–Crippen MR) is 53.5 cm³/mol. The highest BCUT2D eigenvalue weighted by molar-refractivity contribution is 14.1. The van der Waals surface area contributed by atoms with Crippen LogP contribution in [0.3, 0.4) is 0 Å². The Kier molecular flexibility index (Phi) is 3.92. The Morgan fingerprint density at radius 1 is 1.38 bits per heavy atom. The zero-order valence-corrected chi connectivity index (χ0v) is 9.94. The van der Waals surface area contributed by atoms with Gasteiger partial charge in [-0.2, -0.15) is 13.2 Å². The van der Waals surface area contributed by atoms with Crippen molar-refractivity contribution in [1.29, 1.82) is 0 Å². The summed E-state index contributed by atoms with van der Waals surface area (Å²) < 4.78 is 66.8. The monoisotopic (exact) mass is 353 g/mol. The summed E-state index contributed by atoms with van der Waals surface area (Å²) in [5.41, 5.74) is -2.64. The number of aromatic nitrogens is 1. The van der Waals surface area contributed by atoms with Crippen LogP contribution < -0.4 is 4.74 Å². The Labute approximate surface area is 101 Å². The van der Waals surface area contributed by atoms with Gasteiger partial charge in [-0.1, -0.05) is 0 Å². The van der Waals surface area contributed by atoms with Crippen LogP contribution in [0.2, 0.25) is 0 Å². The van der Waals surface area contributed by atoms with Crippen LogP contribution in [-0.4, -0.2) is 12.1 Å². The van der Waals surface area contributed by atoms with E-state index in [4.69, 9.17) is 0 Å². The lowest BCUT2D eigenvalue weighted by atomic mass is 10.1. The molecule has 0 atom stereocenters. The lowest BCUT2D eigenvalue weighted by Crippen LogP contribution is -2.12. The third-order valence-corrected chi connectivity index (χ3v) is 2.26. The van der Waals surface area contributed by atoms with E-state index in [1.54, 1.807) is 0 Å². The predicted octanol–water partition coefficient (Wildman–Crippen LogP) is 3.65. The second-order valence-electron chi connectivity index (χ2n) is 2.71. The highest BCUT2D eigenvalue weighted by atomic mass is 127. The largest absolute Gasteiger partial charge is 0.481 e. The van der Waals surface area contributed by atoms with Crippen LogP contribution in [0.1, 0.15) is 17.6 Å². The van der Waals surface area contributed by atoms with Gasteiger partial charge in [0, 0.05) is 0 Å². The van der Waals surface area contributed by atoms with E-state index in [-0.39, 0.29) is 3.70 Å². The van der Waals surface area contributed by atoms with E-state index in [2.05, 4.69) is 9.72 Å². The normalized spacial score (nSPS) is 12.0. The van der Waals surface area contributed by atoms with Gasteiger partial charge >= 0.3 is 6.18 Å². The van der Waals surface area contributed by atoms with Gasteiger partial charge < -0.3 is 4.74 Å². The first-order valence-electron chi connectivity index (χ1n) is 3.87. The molecule has 0 bridgehead atoms. The van der Waals surface area contributed by atoms with Crippen LogP contribution >= 0.6 is 22.6 Å². The number of halogens is 6. The fraction of sp³-hybridized carbons (Fsp3) is 0.375. The van der Waals surface area contributed by atoms with Crippen molar-refractivity contribution >= 4 is 22.6 Å². The van der Waals surface area contributed by atoms with Crippen molar-refractivity contribution in [2.75, 3.05) is 7.11 Å². The molecule has 8 heteroatoms. The molecule has 0 aliphatic carbocycles. The van der Waals surface area contributed by atoms with E-state index in [1.165, 1.54) is 22.6 Å². The molecule has 0 amide bonds. The molecule has 16 heavy (non-hydrogen) atoms. The van der Waals surface area contributed by atoms with Crippen molar-refractivity contribution in [1.82, 2.24) is 4.98 Å². The average molecular weight is 353 g/mol. The van der Waals surface area contributed by atoms with Gasteiger partial charge in [0.15, 0.2) is 0 Å². The Hall–Kier alpha value is -0.670. The molecule has 0 aromatic carbocycles. The summed E-state index contributed by atoms with van der Waals surface area (Å²) in [7, 11) is 0.991. The van der Waals surface area contributed by atoms with E-state index >= 15 is 0 Å². The summed E-state index contributed by atoms with van der Waals surface area (Å²) in [6.45, 7) is 0. The zero-order valence-electron chi connectivity index (χ0n) is 7.78. The molecular weight excluding hydrogens is 348 g/mol. The fourth-order valence-electron chi connectivity index (χ4n) is 1.10. The lowest BCUT2D eigenvalue weighted by Gasteiger charge is -2.15. The average Bonchev–Trinajstić information content (AvgIpc) is 2.14. The fourth-order valence-corrected chi connectivity index (χ4v) is 1.63. The lowest BCUT2D eigenvalue weighted by molar-refractivity contribution is -0.139. The molecule has 1 rings (SSSR count). The van der Waals surface area contributed by atoms with Crippen LogP contribution in [0.25, 0.3) is 0 Å². The van der Waals surface area contributed by atoms with Crippen molar-refractivity contribution < 1.29 is 26.7 Å². The Morgan fingerprint density at radius 3 is 2.31 bits per heavy atom. The molecule has 0 saturated carbocycles. The maximum atomic E-state index is 12.5. The molecule has 1 aromatic rings. The van der Waals surface area contributed by atoms with Gasteiger partial charge in [-0.05, 0) is 28.7 Å². The van der Waals surface area contributed by atoms with Crippen LogP contribution in [-0.2, 0) is 6.18 Å². The topological polar surface area (TPSA) is 22.1 Å². The maximum Gasteiger partial charge on any atom is 0.417 e. The quantitative estimate of drug-likeness (QED) is 0.460. The molecule has 90 valence electrons. The van der Waals surface area contributed by atoms with E-state index in [9.17, 15) is 22.0 Å². The van der Waals surface area contributed by atoms with Crippen molar-refractivity contribution in [3.63, 3.8) is 0 Å². The number of rotatable bonds is 2. The summed E-state index contributed by atoms with van der Waals surface area (Å²) >= 11 is 1.50. The molecule has 0 saturated heterocycles. The molecule has 0 radical (unpaired) electrons. The minimum absolute atomic E-state index is 0.0637. The van der Waals surface area contributed by atoms with Gasteiger partial charge in [0.2, 0.25) is 5.88 Å². The Balaban J connectivity index is 3.51. The molecule has 1 heterocycles. The third kappa shape index (κ3) is 2.71. The Bertz CT molecular complexity index is 393. The van der Waals surface area contributed by atoms with Gasteiger partial charge in [-0.15, -0.1) is 0 Å². The minimum Gasteiger partial charge on any atom is -0.481 e. The number of hydrogen-bond acceptors (Lipinski definition) is 2. The smallest absolute Gasteiger partial charge is 0.417 e. The first-order chi connectivity index (χ1) is 7.27. The van der Waals surface area contributed by atoms with Gasteiger partial charge in [-0.25, -0.2) is 13.8 Å². The van der Waals surface area contributed by atoms with Crippen LogP contribution in [0.5, 0.6) is 5.88 Å². The molecular formula is C8H5F5INO. The molecule has 1 aromatic heterocycles. The van der Waals surface area contributed by atoms with Gasteiger partial charge in [-0.3, -0.25) is 0 Å². The Morgan fingerprint density at radius 2 is 1.94 bits per heavy atom. The van der Waals surface area contributed by atoms with Crippen molar-refractivity contribution in [3.05, 3.63) is 20.9 Å². The van der Waals surface area contributed by atoms with Crippen LogP contribution in [0.4, 0.5) is 22.0 Å². The summed E-state index contributed by atoms with van der Waals surface area (Å²) in [6.07, 6.45) is -8.15. The second kappa shape index (κ2) is 4.68. The molecule has 0 aliphatic rings. The standard InChI is InChI=1S/C8H5F5INO/c1-16-7-5(6(9)10)3(8(11,12)13)2-4(14)15-7/h2,6H,1H3. The highest BCUT2D eigenvalue weighted by Crippen LogP contribution is 2.40. The SMILES string of the molecule is COc1nc(I)cc(C(F)(F)F)c1C(F)F. The van der Waals surface area contributed by atoms with E-state index < -0.39 is 29.6 Å². The minimum atomic E-state index is -4.86. The first kappa shape index (κ1) is 13.4. The van der Waals surface area contributed by atoms with Crippen molar-refractivity contribution in [2.45, 2.75) is 12.6 Å². The molecule has 2 nitrogen and oxygen atoms in total. The summed E-state index contributed by atoms with van der Waals surface area (Å²) in [5.74, 6) is -0.700. The zero-order chi connectivity index (χ0) is 12.5. The van der Waals surface area contributed by atoms with Crippen LogP contribution in [0, 0.1) is 3.70 Å². The summed E-state index contributed by atoms with van der Waals surface area (Å²) in [5, 5.41) is 0. The van der Waals surface area contributed by atoms with Gasteiger partial charge in [0.1, 0.15) is 3.70 Å². The number of nitrogens with zero attached hydrogens (tertiary/aromatic N) is 1. The van der Waals surface area contributed by atoms with E-state index in [0.717, 1.165) is 7.11 Å². The van der Waals surface area contributed by atoms with E-state index in [1.807, 2.05) is 0 Å². The molecule has 0 N–H and O–H groups in total. The number of alkyl halides is 5. The van der Waals surface area contributed by atoms with Crippen LogP contribution in [0.15, 0.2) is 6.07 Å². The molecule has 0 spiro atoms. The summed E-state index contributed by atoms with van der Waals surface area (Å²) in [4.78, 5) is 3.47. The molecule has 0 fully saturated rings. The van der Waals surface area contributed by atoms with Gasteiger partial charge in [0.05, 0.1) is 18.2 Å². The third-order valence-electron chi connectivity index (χ3n) is 1.71. The molecule has 0 unspecified atom stereocenters. The van der Waals surface area contributed by atoms with Crippen molar-refractivity contribution in [2.24, 2.45) is 0 Å². The highest BCUT2D eigenvalue weighted by Gasteiger charge is 2.38. The maximum absolute atomic E-state index is 12.5. The molecule has 0 aliphatic heterocycles. The van der Waals surface area contributed by atoms with Gasteiger partial charge in [0.25, 0.3) is 6.43 Å². The van der Waals surface area contributed by atoms with Crippen molar-refractivity contribution in [3.8, 4) is 5.88 Å². The number of ether oxygens (including phenoxy) is 1. The second-order valence-corrected chi connectivity index (χ2v) is 3.82. The number of methoxy groups -OCH3 is 1.